The first kappa shape index (κ1) is 13.8. The number of piperazine rings is 1. The van der Waals surface area contributed by atoms with E-state index < -0.39 is 0 Å². The van der Waals surface area contributed by atoms with Gasteiger partial charge in [0.2, 0.25) is 0 Å². The Labute approximate surface area is 128 Å². The zero-order valence-corrected chi connectivity index (χ0v) is 13.4. The predicted molar refractivity (Wildman–Crippen MR) is 87.7 cm³/mol. The van der Waals surface area contributed by atoms with Gasteiger partial charge in [0.15, 0.2) is 0 Å². The zero-order chi connectivity index (χ0) is 14.4. The molecule has 0 spiro atoms. The normalized spacial score (nSPS) is 36.1. The Morgan fingerprint density at radius 1 is 1.29 bits per heavy atom. The van der Waals surface area contributed by atoms with E-state index in [0.717, 1.165) is 11.8 Å². The molecule has 1 saturated carbocycles. The van der Waals surface area contributed by atoms with Crippen LogP contribution in [0.3, 0.4) is 0 Å². The Bertz CT molecular complexity index is 522. The molecule has 3 aliphatic rings. The summed E-state index contributed by atoms with van der Waals surface area (Å²) in [5, 5.41) is 3.80. The first-order valence-corrected chi connectivity index (χ1v) is 8.77. The number of nitrogens with one attached hydrogen (secondary N) is 1. The van der Waals surface area contributed by atoms with E-state index in [9.17, 15) is 0 Å². The van der Waals surface area contributed by atoms with Crippen molar-refractivity contribution < 1.29 is 0 Å². The molecule has 2 heteroatoms. The van der Waals surface area contributed by atoms with E-state index in [1.807, 2.05) is 0 Å². The van der Waals surface area contributed by atoms with Gasteiger partial charge in [-0.15, -0.1) is 0 Å². The molecule has 114 valence electrons. The van der Waals surface area contributed by atoms with Gasteiger partial charge in [0, 0.05) is 37.1 Å². The highest BCUT2D eigenvalue weighted by Crippen LogP contribution is 2.46. The average Bonchev–Trinajstić information content (AvgIpc) is 3.31. The number of rotatable bonds is 4. The maximum absolute atomic E-state index is 3.80. The first-order chi connectivity index (χ1) is 10.2. The second-order valence-electron chi connectivity index (χ2n) is 7.62. The SMILES string of the molecule is CCC1CN(CC2Cc3ccccc32)C(C)(C2CC2)CN1. The molecule has 3 atom stereocenters. The fraction of sp³-hybridized carbons (Fsp3) is 0.684. The largest absolute Gasteiger partial charge is 0.311 e. The van der Waals surface area contributed by atoms with E-state index in [4.69, 9.17) is 0 Å². The second-order valence-corrected chi connectivity index (χ2v) is 7.62. The van der Waals surface area contributed by atoms with Gasteiger partial charge in [-0.25, -0.2) is 0 Å². The number of nitrogens with zero attached hydrogens (tertiary/aromatic N) is 1. The summed E-state index contributed by atoms with van der Waals surface area (Å²) in [7, 11) is 0. The van der Waals surface area contributed by atoms with Crippen LogP contribution in [0.5, 0.6) is 0 Å². The molecule has 2 aliphatic carbocycles. The molecular formula is C19H28N2. The van der Waals surface area contributed by atoms with Crippen LogP contribution in [-0.4, -0.2) is 36.1 Å². The molecule has 1 heterocycles. The lowest BCUT2D eigenvalue weighted by atomic mass is 9.76. The predicted octanol–water partition coefficient (Wildman–Crippen LogP) is 3.18. The minimum atomic E-state index is 0.399. The number of benzene rings is 1. The molecular weight excluding hydrogens is 256 g/mol. The summed E-state index contributed by atoms with van der Waals surface area (Å²) < 4.78 is 0. The average molecular weight is 284 g/mol. The van der Waals surface area contributed by atoms with E-state index in [1.165, 1.54) is 45.3 Å². The van der Waals surface area contributed by atoms with Crippen molar-refractivity contribution in [2.45, 2.75) is 57.0 Å². The smallest absolute Gasteiger partial charge is 0.0334 e. The van der Waals surface area contributed by atoms with Gasteiger partial charge in [0.1, 0.15) is 0 Å². The van der Waals surface area contributed by atoms with Crippen molar-refractivity contribution in [1.82, 2.24) is 10.2 Å². The lowest BCUT2D eigenvalue weighted by molar-refractivity contribution is 0.0269. The van der Waals surface area contributed by atoms with Crippen LogP contribution in [0.2, 0.25) is 0 Å². The maximum atomic E-state index is 3.80. The second kappa shape index (κ2) is 5.10. The third kappa shape index (κ3) is 2.33. The van der Waals surface area contributed by atoms with E-state index >= 15 is 0 Å². The number of hydrogen-bond acceptors (Lipinski definition) is 2. The molecule has 0 radical (unpaired) electrons. The van der Waals surface area contributed by atoms with Gasteiger partial charge >= 0.3 is 0 Å². The molecule has 1 saturated heterocycles. The summed E-state index contributed by atoms with van der Waals surface area (Å²) in [5.74, 6) is 1.70. The Morgan fingerprint density at radius 3 is 2.81 bits per heavy atom. The van der Waals surface area contributed by atoms with Crippen LogP contribution in [0.15, 0.2) is 24.3 Å². The molecule has 1 N–H and O–H groups in total. The highest BCUT2D eigenvalue weighted by molar-refractivity contribution is 5.40. The van der Waals surface area contributed by atoms with Crippen molar-refractivity contribution in [3.63, 3.8) is 0 Å². The van der Waals surface area contributed by atoms with Gasteiger partial charge in [-0.3, -0.25) is 4.90 Å². The quantitative estimate of drug-likeness (QED) is 0.913. The molecule has 2 nitrogen and oxygen atoms in total. The van der Waals surface area contributed by atoms with Crippen molar-refractivity contribution >= 4 is 0 Å². The Morgan fingerprint density at radius 2 is 2.10 bits per heavy atom. The number of hydrogen-bond donors (Lipinski definition) is 1. The topological polar surface area (TPSA) is 15.3 Å². The van der Waals surface area contributed by atoms with Gasteiger partial charge < -0.3 is 5.32 Å². The fourth-order valence-corrected chi connectivity index (χ4v) is 4.46. The summed E-state index contributed by atoms with van der Waals surface area (Å²) in [6, 6.07) is 9.72. The van der Waals surface area contributed by atoms with Crippen molar-refractivity contribution in [2.75, 3.05) is 19.6 Å². The molecule has 1 aromatic rings. The summed E-state index contributed by atoms with van der Waals surface area (Å²) in [6.45, 7) is 8.51. The lowest BCUT2D eigenvalue weighted by Gasteiger charge is -2.51. The minimum Gasteiger partial charge on any atom is -0.311 e. The van der Waals surface area contributed by atoms with Crippen molar-refractivity contribution in [3.05, 3.63) is 35.4 Å². The van der Waals surface area contributed by atoms with Gasteiger partial charge in [0.25, 0.3) is 0 Å². The van der Waals surface area contributed by atoms with Crippen molar-refractivity contribution in [3.8, 4) is 0 Å². The Balaban J connectivity index is 1.51. The summed E-state index contributed by atoms with van der Waals surface area (Å²) in [6.07, 6.45) is 5.41. The van der Waals surface area contributed by atoms with E-state index in [1.54, 1.807) is 11.1 Å². The molecule has 4 rings (SSSR count). The molecule has 21 heavy (non-hydrogen) atoms. The van der Waals surface area contributed by atoms with Gasteiger partial charge in [-0.2, -0.15) is 0 Å². The molecule has 0 amide bonds. The highest BCUT2D eigenvalue weighted by atomic mass is 15.3. The molecule has 0 bridgehead atoms. The minimum absolute atomic E-state index is 0.399. The molecule has 2 fully saturated rings. The molecule has 1 aromatic carbocycles. The van der Waals surface area contributed by atoms with Gasteiger partial charge in [-0.05, 0) is 49.7 Å². The van der Waals surface area contributed by atoms with E-state index in [2.05, 4.69) is 48.3 Å². The first-order valence-electron chi connectivity index (χ1n) is 8.77. The Hall–Kier alpha value is -0.860. The van der Waals surface area contributed by atoms with E-state index in [-0.39, 0.29) is 0 Å². The van der Waals surface area contributed by atoms with Gasteiger partial charge in [-0.1, -0.05) is 31.2 Å². The standard InChI is InChI=1S/C19H28N2/c1-3-17-12-21(19(2,13-20-17)16-8-9-16)11-15-10-14-6-4-5-7-18(14)15/h4-7,15-17,20H,3,8-13H2,1-2H3. The zero-order valence-electron chi connectivity index (χ0n) is 13.4. The lowest BCUT2D eigenvalue weighted by Crippen LogP contribution is -2.65. The van der Waals surface area contributed by atoms with Gasteiger partial charge in [0.05, 0.1) is 0 Å². The van der Waals surface area contributed by atoms with Crippen LogP contribution in [0.25, 0.3) is 0 Å². The monoisotopic (exact) mass is 284 g/mol. The summed E-state index contributed by atoms with van der Waals surface area (Å²) in [4.78, 5) is 2.84. The van der Waals surface area contributed by atoms with Crippen LogP contribution in [-0.2, 0) is 6.42 Å². The summed E-state index contributed by atoms with van der Waals surface area (Å²) in [5.41, 5.74) is 3.59. The molecule has 3 unspecified atom stereocenters. The van der Waals surface area contributed by atoms with Crippen molar-refractivity contribution in [2.24, 2.45) is 5.92 Å². The van der Waals surface area contributed by atoms with Crippen LogP contribution < -0.4 is 5.32 Å². The summed E-state index contributed by atoms with van der Waals surface area (Å²) >= 11 is 0. The third-order valence-electron chi connectivity index (χ3n) is 6.26. The van der Waals surface area contributed by atoms with Crippen LogP contribution >= 0.6 is 0 Å². The third-order valence-corrected chi connectivity index (χ3v) is 6.26. The van der Waals surface area contributed by atoms with E-state index in [0.29, 0.717) is 11.6 Å². The van der Waals surface area contributed by atoms with Crippen LogP contribution in [0.1, 0.15) is 50.2 Å². The Kier molecular flexibility index (Phi) is 3.35. The van der Waals surface area contributed by atoms with Crippen molar-refractivity contribution in [1.29, 1.82) is 0 Å². The van der Waals surface area contributed by atoms with Crippen LogP contribution in [0.4, 0.5) is 0 Å². The molecule has 1 aliphatic heterocycles. The maximum Gasteiger partial charge on any atom is 0.0334 e. The molecule has 0 aromatic heterocycles. The fourth-order valence-electron chi connectivity index (χ4n) is 4.46. The highest BCUT2D eigenvalue weighted by Gasteiger charge is 2.48. The number of fused-ring (bicyclic) bond motifs is 1. The van der Waals surface area contributed by atoms with Crippen LogP contribution in [0, 0.1) is 5.92 Å².